The monoisotopic (exact) mass is 226 g/mol. The zero-order chi connectivity index (χ0) is 12.1. The summed E-state index contributed by atoms with van der Waals surface area (Å²) in [5, 5.41) is 6.61. The molecule has 1 aromatic carbocycles. The quantitative estimate of drug-likeness (QED) is 0.826. The van der Waals surface area contributed by atoms with Gasteiger partial charge in [0.25, 0.3) is 0 Å². The zero-order valence-corrected chi connectivity index (χ0v) is 10.3. The lowest BCUT2D eigenvalue weighted by Gasteiger charge is -2.21. The SMILES string of the molecule is CN/C(=C1/C=CC=CC1NC)c1ccccc1. The first kappa shape index (κ1) is 11.7. The summed E-state index contributed by atoms with van der Waals surface area (Å²) in [5.74, 6) is 0. The van der Waals surface area contributed by atoms with Crippen LogP contribution in [0.5, 0.6) is 0 Å². The minimum absolute atomic E-state index is 0.266. The standard InChI is InChI=1S/C15H18N2/c1-16-14-11-7-6-10-13(14)15(17-2)12-8-4-3-5-9-12/h3-11,14,16-17H,1-2H3/b15-13-. The molecule has 0 aliphatic heterocycles. The normalized spacial score (nSPS) is 21.4. The van der Waals surface area contributed by atoms with Crippen LogP contribution in [0.1, 0.15) is 5.56 Å². The van der Waals surface area contributed by atoms with E-state index in [2.05, 4.69) is 59.2 Å². The largest absolute Gasteiger partial charge is 0.387 e. The van der Waals surface area contributed by atoms with E-state index in [1.807, 2.05) is 20.2 Å². The smallest absolute Gasteiger partial charge is 0.0527 e. The van der Waals surface area contributed by atoms with Crippen molar-refractivity contribution in [3.05, 3.63) is 65.8 Å². The molecule has 1 aliphatic carbocycles. The summed E-state index contributed by atoms with van der Waals surface area (Å²) in [6.07, 6.45) is 8.46. The molecule has 0 bridgehead atoms. The fourth-order valence-electron chi connectivity index (χ4n) is 2.09. The third kappa shape index (κ3) is 2.48. The molecule has 0 spiro atoms. The van der Waals surface area contributed by atoms with Crippen LogP contribution in [-0.2, 0) is 0 Å². The molecule has 0 aromatic heterocycles. The van der Waals surface area contributed by atoms with Gasteiger partial charge in [0, 0.05) is 12.7 Å². The van der Waals surface area contributed by atoms with E-state index in [4.69, 9.17) is 0 Å². The number of hydrogen-bond donors (Lipinski definition) is 2. The Morgan fingerprint density at radius 1 is 1.06 bits per heavy atom. The predicted octanol–water partition coefficient (Wildman–Crippen LogP) is 2.33. The van der Waals surface area contributed by atoms with E-state index < -0.39 is 0 Å². The highest BCUT2D eigenvalue weighted by molar-refractivity contribution is 5.71. The van der Waals surface area contributed by atoms with E-state index in [9.17, 15) is 0 Å². The third-order valence-electron chi connectivity index (χ3n) is 2.94. The van der Waals surface area contributed by atoms with Crippen LogP contribution in [0.2, 0.25) is 0 Å². The molecule has 0 saturated carbocycles. The second kappa shape index (κ2) is 5.51. The highest BCUT2D eigenvalue weighted by atomic mass is 14.9. The van der Waals surface area contributed by atoms with Crippen molar-refractivity contribution in [2.24, 2.45) is 0 Å². The zero-order valence-electron chi connectivity index (χ0n) is 10.3. The Labute approximate surface area is 103 Å². The van der Waals surface area contributed by atoms with Gasteiger partial charge in [0.1, 0.15) is 0 Å². The van der Waals surface area contributed by atoms with E-state index in [1.54, 1.807) is 0 Å². The molecule has 2 heteroatoms. The summed E-state index contributed by atoms with van der Waals surface area (Å²) in [6.45, 7) is 0. The van der Waals surface area contributed by atoms with E-state index >= 15 is 0 Å². The van der Waals surface area contributed by atoms with Crippen LogP contribution >= 0.6 is 0 Å². The summed E-state index contributed by atoms with van der Waals surface area (Å²) in [7, 11) is 3.95. The number of allylic oxidation sites excluding steroid dienone is 2. The van der Waals surface area contributed by atoms with Crippen LogP contribution in [0.25, 0.3) is 5.70 Å². The van der Waals surface area contributed by atoms with Crippen molar-refractivity contribution < 1.29 is 0 Å². The Morgan fingerprint density at radius 2 is 1.82 bits per heavy atom. The van der Waals surface area contributed by atoms with Gasteiger partial charge in [-0.25, -0.2) is 0 Å². The molecule has 2 nitrogen and oxygen atoms in total. The van der Waals surface area contributed by atoms with Crippen molar-refractivity contribution in [1.29, 1.82) is 0 Å². The Kier molecular flexibility index (Phi) is 3.78. The van der Waals surface area contributed by atoms with Crippen LogP contribution in [0, 0.1) is 0 Å². The second-order valence-corrected chi connectivity index (χ2v) is 3.96. The second-order valence-electron chi connectivity index (χ2n) is 3.96. The summed E-state index contributed by atoms with van der Waals surface area (Å²) in [4.78, 5) is 0. The third-order valence-corrected chi connectivity index (χ3v) is 2.94. The van der Waals surface area contributed by atoms with Gasteiger partial charge in [-0.3, -0.25) is 0 Å². The van der Waals surface area contributed by atoms with Crippen LogP contribution in [0.15, 0.2) is 60.2 Å². The molecule has 0 radical (unpaired) electrons. The average Bonchev–Trinajstić information content (AvgIpc) is 2.41. The van der Waals surface area contributed by atoms with Crippen LogP contribution in [-0.4, -0.2) is 20.1 Å². The van der Waals surface area contributed by atoms with Gasteiger partial charge < -0.3 is 10.6 Å². The van der Waals surface area contributed by atoms with E-state index in [0.717, 1.165) is 0 Å². The average molecular weight is 226 g/mol. The Morgan fingerprint density at radius 3 is 2.47 bits per heavy atom. The van der Waals surface area contributed by atoms with Crippen LogP contribution in [0.4, 0.5) is 0 Å². The lowest BCUT2D eigenvalue weighted by atomic mass is 9.96. The molecular formula is C15H18N2. The van der Waals surface area contributed by atoms with Crippen molar-refractivity contribution in [2.75, 3.05) is 14.1 Å². The minimum atomic E-state index is 0.266. The molecule has 88 valence electrons. The maximum absolute atomic E-state index is 3.31. The summed E-state index contributed by atoms with van der Waals surface area (Å²) >= 11 is 0. The Balaban J connectivity index is 2.46. The van der Waals surface area contributed by atoms with Crippen LogP contribution in [0.3, 0.4) is 0 Å². The lowest BCUT2D eigenvalue weighted by Crippen LogP contribution is -2.28. The molecule has 1 unspecified atom stereocenters. The summed E-state index contributed by atoms with van der Waals surface area (Å²) < 4.78 is 0. The van der Waals surface area contributed by atoms with Gasteiger partial charge in [-0.05, 0) is 18.2 Å². The van der Waals surface area contributed by atoms with Gasteiger partial charge in [-0.15, -0.1) is 0 Å². The predicted molar refractivity (Wildman–Crippen MR) is 73.5 cm³/mol. The Hall–Kier alpha value is -1.80. The van der Waals surface area contributed by atoms with Gasteiger partial charge >= 0.3 is 0 Å². The summed E-state index contributed by atoms with van der Waals surface area (Å²) in [6, 6.07) is 10.7. The van der Waals surface area contributed by atoms with Gasteiger partial charge in [-0.2, -0.15) is 0 Å². The van der Waals surface area contributed by atoms with Gasteiger partial charge in [0.2, 0.25) is 0 Å². The van der Waals surface area contributed by atoms with Crippen molar-refractivity contribution >= 4 is 5.70 Å². The molecule has 2 N–H and O–H groups in total. The van der Waals surface area contributed by atoms with E-state index in [-0.39, 0.29) is 6.04 Å². The fourth-order valence-corrected chi connectivity index (χ4v) is 2.09. The number of likely N-dealkylation sites (N-methyl/N-ethyl adjacent to an activating group) is 1. The first-order chi connectivity index (χ1) is 8.36. The molecule has 1 atom stereocenters. The van der Waals surface area contributed by atoms with E-state index in [0.29, 0.717) is 0 Å². The van der Waals surface area contributed by atoms with Gasteiger partial charge in [0.05, 0.1) is 6.04 Å². The highest BCUT2D eigenvalue weighted by Crippen LogP contribution is 2.22. The molecule has 1 aromatic rings. The minimum Gasteiger partial charge on any atom is -0.387 e. The molecule has 17 heavy (non-hydrogen) atoms. The molecule has 0 fully saturated rings. The summed E-state index contributed by atoms with van der Waals surface area (Å²) in [5.41, 5.74) is 3.65. The first-order valence-corrected chi connectivity index (χ1v) is 5.86. The number of rotatable bonds is 3. The molecule has 0 saturated heterocycles. The number of benzene rings is 1. The van der Waals surface area contributed by atoms with Crippen molar-refractivity contribution in [3.8, 4) is 0 Å². The van der Waals surface area contributed by atoms with Crippen molar-refractivity contribution in [2.45, 2.75) is 6.04 Å². The number of nitrogens with one attached hydrogen (secondary N) is 2. The molecule has 0 heterocycles. The maximum atomic E-state index is 3.31. The molecule has 2 rings (SSSR count). The Bertz CT molecular complexity index is 455. The van der Waals surface area contributed by atoms with Gasteiger partial charge in [0.15, 0.2) is 0 Å². The maximum Gasteiger partial charge on any atom is 0.0527 e. The van der Waals surface area contributed by atoms with Crippen molar-refractivity contribution in [3.63, 3.8) is 0 Å². The topological polar surface area (TPSA) is 24.1 Å². The highest BCUT2D eigenvalue weighted by Gasteiger charge is 2.14. The van der Waals surface area contributed by atoms with E-state index in [1.165, 1.54) is 16.8 Å². The molecule has 0 amide bonds. The first-order valence-electron chi connectivity index (χ1n) is 5.86. The lowest BCUT2D eigenvalue weighted by molar-refractivity contribution is 0.759. The molecular weight excluding hydrogens is 208 g/mol. The molecule has 1 aliphatic rings. The van der Waals surface area contributed by atoms with Gasteiger partial charge in [-0.1, -0.05) is 54.6 Å². The van der Waals surface area contributed by atoms with Crippen LogP contribution < -0.4 is 10.6 Å². The fraction of sp³-hybridized carbons (Fsp3) is 0.200. The van der Waals surface area contributed by atoms with Crippen molar-refractivity contribution in [1.82, 2.24) is 10.6 Å². The number of hydrogen-bond acceptors (Lipinski definition) is 2.